The predicted molar refractivity (Wildman–Crippen MR) is 296 cm³/mol. The molecular weight excluding hydrogens is 863 g/mol. The van der Waals surface area contributed by atoms with Crippen LogP contribution in [0.3, 0.4) is 0 Å². The molecule has 1 spiro atoms. The van der Waals surface area contributed by atoms with Crippen LogP contribution in [0, 0.1) is 0 Å². The molecule has 1 nitrogen and oxygen atoms in total. The zero-order chi connectivity index (χ0) is 45.9. The molecular formula is C68H43NS. The van der Waals surface area contributed by atoms with Gasteiger partial charge in [-0.15, -0.1) is 11.3 Å². The smallest absolute Gasteiger partial charge is 0.0726 e. The van der Waals surface area contributed by atoms with Gasteiger partial charge in [0, 0.05) is 42.2 Å². The average molecular weight is 906 g/mol. The van der Waals surface area contributed by atoms with Crippen LogP contribution in [-0.2, 0) is 11.8 Å². The van der Waals surface area contributed by atoms with Gasteiger partial charge in [0.05, 0.1) is 16.4 Å². The first kappa shape index (κ1) is 39.4. The van der Waals surface area contributed by atoms with E-state index in [0.717, 1.165) is 6.42 Å². The number of rotatable bonds is 6. The molecule has 0 N–H and O–H groups in total. The fourth-order valence-electron chi connectivity index (χ4n) is 12.4. The number of benzene rings is 11. The van der Waals surface area contributed by atoms with Gasteiger partial charge in [0.15, 0.2) is 0 Å². The Kier molecular flexibility index (Phi) is 8.58. The highest BCUT2D eigenvalue weighted by molar-refractivity contribution is 7.27. The van der Waals surface area contributed by atoms with E-state index in [1.807, 2.05) is 11.3 Å². The molecule has 2 heteroatoms. The minimum absolute atomic E-state index is 0.466. The van der Waals surface area contributed by atoms with Crippen molar-refractivity contribution in [3.8, 4) is 61.3 Å². The van der Waals surface area contributed by atoms with E-state index in [-0.39, 0.29) is 0 Å². The van der Waals surface area contributed by atoms with Crippen molar-refractivity contribution in [2.75, 3.05) is 0 Å². The summed E-state index contributed by atoms with van der Waals surface area (Å²) in [4.78, 5) is 0. The summed E-state index contributed by atoms with van der Waals surface area (Å²) in [7, 11) is 0. The summed E-state index contributed by atoms with van der Waals surface area (Å²) in [6.07, 6.45) is 0.902. The van der Waals surface area contributed by atoms with Gasteiger partial charge in [-0.25, -0.2) is 0 Å². The van der Waals surface area contributed by atoms with Gasteiger partial charge in [-0.1, -0.05) is 212 Å². The highest BCUT2D eigenvalue weighted by Crippen LogP contribution is 2.65. The Balaban J connectivity index is 0.858. The van der Waals surface area contributed by atoms with Crippen LogP contribution in [0.5, 0.6) is 0 Å². The molecule has 0 saturated heterocycles. The SMILES string of the molecule is c1ccc(-c2ccc(Cc3ccc(-c4cccc5c4sc4c6c(ccc45)C4(c5ccccc5-c5ccc(-c7ccc8c(c7)c7ccccc7n8-c7ccccc7)cc54)c4ccccc4-6)cc3)cc2)cc1. The molecule has 11 aromatic carbocycles. The fraction of sp³-hybridized carbons (Fsp3) is 0.0294. The number of thiophene rings is 1. The van der Waals surface area contributed by atoms with E-state index in [0.29, 0.717) is 0 Å². The van der Waals surface area contributed by atoms with E-state index in [1.165, 1.54) is 137 Å². The molecule has 1 atom stereocenters. The van der Waals surface area contributed by atoms with Gasteiger partial charge in [0.25, 0.3) is 0 Å². The van der Waals surface area contributed by atoms with Gasteiger partial charge < -0.3 is 4.57 Å². The van der Waals surface area contributed by atoms with Crippen LogP contribution in [0.4, 0.5) is 0 Å². The van der Waals surface area contributed by atoms with Crippen molar-refractivity contribution in [3.63, 3.8) is 0 Å². The summed E-state index contributed by atoms with van der Waals surface area (Å²) in [5, 5.41) is 5.17. The number of aromatic nitrogens is 1. The van der Waals surface area contributed by atoms with Gasteiger partial charge in [-0.3, -0.25) is 0 Å². The quantitative estimate of drug-likeness (QED) is 0.157. The van der Waals surface area contributed by atoms with Crippen LogP contribution < -0.4 is 0 Å². The third kappa shape index (κ3) is 5.66. The summed E-state index contributed by atoms with van der Waals surface area (Å²) in [6.45, 7) is 0. The molecule has 0 radical (unpaired) electrons. The predicted octanol–water partition coefficient (Wildman–Crippen LogP) is 18.1. The Morgan fingerprint density at radius 1 is 0.314 bits per heavy atom. The van der Waals surface area contributed by atoms with E-state index < -0.39 is 5.41 Å². The van der Waals surface area contributed by atoms with Crippen LogP contribution in [0.15, 0.2) is 249 Å². The topological polar surface area (TPSA) is 4.93 Å². The van der Waals surface area contributed by atoms with Gasteiger partial charge in [-0.2, -0.15) is 0 Å². The summed E-state index contributed by atoms with van der Waals surface area (Å²) in [5.74, 6) is 0. The van der Waals surface area contributed by atoms with E-state index in [4.69, 9.17) is 0 Å². The van der Waals surface area contributed by atoms with E-state index in [1.54, 1.807) is 0 Å². The largest absolute Gasteiger partial charge is 0.309 e. The molecule has 0 fully saturated rings. The van der Waals surface area contributed by atoms with Crippen LogP contribution >= 0.6 is 11.3 Å². The number of nitrogens with zero attached hydrogens (tertiary/aromatic N) is 1. The van der Waals surface area contributed by atoms with Crippen molar-refractivity contribution in [2.45, 2.75) is 11.8 Å². The van der Waals surface area contributed by atoms with Gasteiger partial charge in [0.2, 0.25) is 0 Å². The summed E-state index contributed by atoms with van der Waals surface area (Å²) in [6, 6.07) is 93.0. The van der Waals surface area contributed by atoms with Gasteiger partial charge in [0.1, 0.15) is 0 Å². The van der Waals surface area contributed by atoms with Crippen LogP contribution in [0.25, 0.3) is 103 Å². The molecule has 2 aliphatic carbocycles. The number of hydrogen-bond donors (Lipinski definition) is 0. The van der Waals surface area contributed by atoms with Crippen LogP contribution in [0.2, 0.25) is 0 Å². The Morgan fingerprint density at radius 3 is 1.67 bits per heavy atom. The van der Waals surface area contributed by atoms with E-state index in [2.05, 4.69) is 253 Å². The second-order valence-corrected chi connectivity index (χ2v) is 20.1. The zero-order valence-electron chi connectivity index (χ0n) is 38.2. The van der Waals surface area contributed by atoms with Crippen molar-refractivity contribution < 1.29 is 0 Å². The average Bonchev–Trinajstić information content (AvgIpc) is 4.15. The second-order valence-electron chi connectivity index (χ2n) is 19.1. The van der Waals surface area contributed by atoms with Crippen LogP contribution in [0.1, 0.15) is 33.4 Å². The molecule has 70 heavy (non-hydrogen) atoms. The maximum absolute atomic E-state index is 2.52. The zero-order valence-corrected chi connectivity index (χ0v) is 39.1. The normalized spacial score (nSPS) is 14.4. The minimum Gasteiger partial charge on any atom is -0.309 e. The van der Waals surface area contributed by atoms with Gasteiger partial charge in [-0.05, 0) is 126 Å². The molecule has 15 rings (SSSR count). The Morgan fingerprint density at radius 2 is 0.871 bits per heavy atom. The standard InChI is InChI=1S/C68H43NS/c1-3-14-45(15-4-1)46-30-26-43(27-31-46)40-44-28-32-47(33-29-44)51-21-13-22-55-56-37-38-61-65(67(56)70-66(51)55)57-20-8-11-24-60(57)68(61)59-23-10-7-18-52(59)53-36-34-49(42-62(53)68)48-35-39-64-58(41-48)54-19-9-12-25-63(54)69(64)50-16-5-2-6-17-50/h1-39,41-42H,40H2. The molecule has 0 amide bonds. The van der Waals surface area contributed by atoms with Crippen molar-refractivity contribution in [1.82, 2.24) is 4.57 Å². The molecule has 1 unspecified atom stereocenters. The molecule has 2 aliphatic rings. The lowest BCUT2D eigenvalue weighted by Crippen LogP contribution is -2.25. The maximum atomic E-state index is 2.52. The van der Waals surface area contributed by atoms with Crippen molar-refractivity contribution in [3.05, 3.63) is 282 Å². The molecule has 2 heterocycles. The monoisotopic (exact) mass is 905 g/mol. The summed E-state index contributed by atoms with van der Waals surface area (Å²) < 4.78 is 5.10. The highest BCUT2D eigenvalue weighted by atomic mass is 32.1. The summed E-state index contributed by atoms with van der Waals surface area (Å²) >= 11 is 1.96. The first-order chi connectivity index (χ1) is 34.7. The highest BCUT2D eigenvalue weighted by Gasteiger charge is 2.52. The number of para-hydroxylation sites is 2. The first-order valence-electron chi connectivity index (χ1n) is 24.4. The Bertz CT molecular complexity index is 4230. The Hall–Kier alpha value is -8.56. The lowest BCUT2D eigenvalue weighted by Gasteiger charge is -2.30. The van der Waals surface area contributed by atoms with E-state index in [9.17, 15) is 0 Å². The van der Waals surface area contributed by atoms with Gasteiger partial charge >= 0.3 is 0 Å². The third-order valence-electron chi connectivity index (χ3n) is 15.5. The fourth-order valence-corrected chi connectivity index (χ4v) is 13.8. The van der Waals surface area contributed by atoms with Crippen LogP contribution in [-0.4, -0.2) is 4.57 Å². The number of hydrogen-bond acceptors (Lipinski definition) is 1. The lowest BCUT2D eigenvalue weighted by molar-refractivity contribution is 0.795. The Labute approximate surface area is 410 Å². The molecule has 2 aromatic heterocycles. The summed E-state index contributed by atoms with van der Waals surface area (Å²) in [5.41, 5.74) is 24.1. The van der Waals surface area contributed by atoms with Crippen molar-refractivity contribution in [1.29, 1.82) is 0 Å². The van der Waals surface area contributed by atoms with Crippen molar-refractivity contribution in [2.24, 2.45) is 0 Å². The minimum atomic E-state index is -0.466. The second kappa shape index (κ2) is 15.2. The molecule has 13 aromatic rings. The maximum Gasteiger partial charge on any atom is 0.0726 e. The molecule has 0 saturated carbocycles. The number of fused-ring (bicyclic) bond motifs is 17. The molecule has 326 valence electrons. The lowest BCUT2D eigenvalue weighted by atomic mass is 9.70. The van der Waals surface area contributed by atoms with E-state index >= 15 is 0 Å². The molecule has 0 bridgehead atoms. The van der Waals surface area contributed by atoms with Crippen molar-refractivity contribution >= 4 is 53.3 Å². The molecule has 0 aliphatic heterocycles. The first-order valence-corrected chi connectivity index (χ1v) is 25.2. The third-order valence-corrected chi connectivity index (χ3v) is 16.7.